The number of aromatic nitrogens is 4. The number of fused-ring (bicyclic) bond motifs is 1. The lowest BCUT2D eigenvalue weighted by atomic mass is 10.2. The highest BCUT2D eigenvalue weighted by Gasteiger charge is 2.44. The molecular weight excluding hydrogens is 337 g/mol. The van der Waals surface area contributed by atoms with Gasteiger partial charge in [0, 0.05) is 23.7 Å². The van der Waals surface area contributed by atoms with Crippen molar-refractivity contribution >= 4 is 45.7 Å². The molecule has 0 unspecified atom stereocenters. The molecule has 0 bridgehead atoms. The summed E-state index contributed by atoms with van der Waals surface area (Å²) in [6.45, 7) is 0. The van der Waals surface area contributed by atoms with Crippen molar-refractivity contribution in [3.63, 3.8) is 0 Å². The van der Waals surface area contributed by atoms with Crippen LogP contribution in [0.5, 0.6) is 0 Å². The Morgan fingerprint density at radius 3 is 2.96 bits per heavy atom. The van der Waals surface area contributed by atoms with Gasteiger partial charge in [-0.25, -0.2) is 9.97 Å². The van der Waals surface area contributed by atoms with Gasteiger partial charge in [-0.15, -0.1) is 0 Å². The number of carbonyl (C=O) groups is 1. The van der Waals surface area contributed by atoms with Crippen molar-refractivity contribution in [3.05, 3.63) is 46.6 Å². The molecule has 116 valence electrons. The van der Waals surface area contributed by atoms with Gasteiger partial charge in [0.05, 0.1) is 6.20 Å². The number of pyridine rings is 2. The lowest BCUT2D eigenvalue weighted by molar-refractivity contribution is -0.117. The average molecular weight is 348 g/mol. The van der Waals surface area contributed by atoms with E-state index in [2.05, 4.69) is 25.5 Å². The van der Waals surface area contributed by atoms with Gasteiger partial charge in [-0.3, -0.25) is 9.89 Å². The summed E-state index contributed by atoms with van der Waals surface area (Å²) in [5, 5.41) is 11.6. The number of carbonyl (C=O) groups excluding carboxylic acids is 1. The first kappa shape index (κ1) is 14.4. The van der Waals surface area contributed by atoms with Gasteiger partial charge in [-0.1, -0.05) is 23.2 Å². The van der Waals surface area contributed by atoms with E-state index in [4.69, 9.17) is 23.2 Å². The highest BCUT2D eigenvalue weighted by atomic mass is 35.5. The van der Waals surface area contributed by atoms with E-state index in [1.54, 1.807) is 24.5 Å². The summed E-state index contributed by atoms with van der Waals surface area (Å²) >= 11 is 11.9. The van der Waals surface area contributed by atoms with Crippen molar-refractivity contribution in [1.29, 1.82) is 0 Å². The zero-order chi connectivity index (χ0) is 16.0. The first-order valence-electron chi connectivity index (χ1n) is 7.03. The van der Waals surface area contributed by atoms with Crippen molar-refractivity contribution < 1.29 is 4.79 Å². The van der Waals surface area contributed by atoms with Gasteiger partial charge in [0.25, 0.3) is 0 Å². The molecule has 1 amide bonds. The molecule has 6 nitrogen and oxygen atoms in total. The lowest BCUT2D eigenvalue weighted by Gasteiger charge is -2.06. The van der Waals surface area contributed by atoms with Gasteiger partial charge < -0.3 is 5.32 Å². The van der Waals surface area contributed by atoms with E-state index in [1.807, 2.05) is 6.20 Å². The molecule has 3 heterocycles. The van der Waals surface area contributed by atoms with Gasteiger partial charge in [0.15, 0.2) is 0 Å². The average Bonchev–Trinajstić information content (AvgIpc) is 3.13. The SMILES string of the molecule is O=C(Nc1cc2cc(Cl)nc(Cl)c2cn1)[C@H]1C[C@@H]1c1cn[nH]c1. The fourth-order valence-electron chi connectivity index (χ4n) is 2.68. The van der Waals surface area contributed by atoms with Crippen LogP contribution < -0.4 is 5.32 Å². The van der Waals surface area contributed by atoms with Crippen molar-refractivity contribution in [2.45, 2.75) is 12.3 Å². The molecule has 3 aromatic rings. The van der Waals surface area contributed by atoms with Crippen LogP contribution in [-0.2, 0) is 4.79 Å². The largest absolute Gasteiger partial charge is 0.310 e. The molecule has 2 atom stereocenters. The van der Waals surface area contributed by atoms with Crippen molar-refractivity contribution in [2.75, 3.05) is 5.32 Å². The first-order valence-corrected chi connectivity index (χ1v) is 7.79. The molecule has 23 heavy (non-hydrogen) atoms. The quantitative estimate of drug-likeness (QED) is 0.711. The van der Waals surface area contributed by atoms with Crippen LogP contribution in [-0.4, -0.2) is 26.1 Å². The van der Waals surface area contributed by atoms with Crippen LogP contribution in [0.15, 0.2) is 30.7 Å². The summed E-state index contributed by atoms with van der Waals surface area (Å²) in [5.74, 6) is 0.602. The minimum absolute atomic E-state index is 0.0466. The number of nitrogens with zero attached hydrogens (tertiary/aromatic N) is 3. The van der Waals surface area contributed by atoms with Crippen LogP contribution in [0.4, 0.5) is 5.82 Å². The Kier molecular flexibility index (Phi) is 3.43. The third kappa shape index (κ3) is 2.75. The third-order valence-corrected chi connectivity index (χ3v) is 4.45. The van der Waals surface area contributed by atoms with E-state index in [0.717, 1.165) is 17.4 Å². The number of aromatic amines is 1. The van der Waals surface area contributed by atoms with Gasteiger partial charge in [-0.2, -0.15) is 5.10 Å². The van der Waals surface area contributed by atoms with Gasteiger partial charge in [0.2, 0.25) is 5.91 Å². The maximum Gasteiger partial charge on any atom is 0.229 e. The molecule has 8 heteroatoms. The predicted octanol–water partition coefficient (Wildman–Crippen LogP) is 3.40. The number of anilines is 1. The van der Waals surface area contributed by atoms with E-state index in [0.29, 0.717) is 21.5 Å². The molecule has 1 fully saturated rings. The Morgan fingerprint density at radius 1 is 1.30 bits per heavy atom. The minimum Gasteiger partial charge on any atom is -0.310 e. The number of halogens is 2. The Balaban J connectivity index is 1.53. The monoisotopic (exact) mass is 347 g/mol. The van der Waals surface area contributed by atoms with Crippen LogP contribution >= 0.6 is 23.2 Å². The number of amides is 1. The predicted molar refractivity (Wildman–Crippen MR) is 87.6 cm³/mol. The summed E-state index contributed by atoms with van der Waals surface area (Å²) in [6.07, 6.45) is 5.98. The van der Waals surface area contributed by atoms with E-state index >= 15 is 0 Å². The van der Waals surface area contributed by atoms with Crippen molar-refractivity contribution in [1.82, 2.24) is 20.2 Å². The molecule has 1 aliphatic rings. The second-order valence-electron chi connectivity index (χ2n) is 5.50. The van der Waals surface area contributed by atoms with E-state index in [1.165, 1.54) is 0 Å². The van der Waals surface area contributed by atoms with Crippen molar-refractivity contribution in [3.8, 4) is 0 Å². The molecule has 3 aromatic heterocycles. The number of rotatable bonds is 3. The van der Waals surface area contributed by atoms with Gasteiger partial charge >= 0.3 is 0 Å². The summed E-state index contributed by atoms with van der Waals surface area (Å²) < 4.78 is 0. The number of H-pyrrole nitrogens is 1. The van der Waals surface area contributed by atoms with Crippen LogP contribution in [0.25, 0.3) is 10.8 Å². The Bertz CT molecular complexity index is 896. The first-order chi connectivity index (χ1) is 11.1. The summed E-state index contributed by atoms with van der Waals surface area (Å²) in [7, 11) is 0. The molecule has 4 rings (SSSR count). The fraction of sp³-hybridized carbons (Fsp3) is 0.200. The topological polar surface area (TPSA) is 83.6 Å². The second-order valence-corrected chi connectivity index (χ2v) is 6.24. The zero-order valence-corrected chi connectivity index (χ0v) is 13.3. The van der Waals surface area contributed by atoms with Crippen LogP contribution in [0, 0.1) is 5.92 Å². The smallest absolute Gasteiger partial charge is 0.229 e. The van der Waals surface area contributed by atoms with E-state index < -0.39 is 0 Å². The van der Waals surface area contributed by atoms with Crippen molar-refractivity contribution in [2.24, 2.45) is 5.92 Å². The highest BCUT2D eigenvalue weighted by molar-refractivity contribution is 6.36. The molecular formula is C15H11Cl2N5O. The van der Waals surface area contributed by atoms with E-state index in [9.17, 15) is 4.79 Å². The molecule has 0 aliphatic heterocycles. The lowest BCUT2D eigenvalue weighted by Crippen LogP contribution is -2.15. The Labute approximate surface area is 141 Å². The number of hydrogen-bond acceptors (Lipinski definition) is 4. The maximum absolute atomic E-state index is 12.3. The van der Waals surface area contributed by atoms with Crippen LogP contribution in [0.1, 0.15) is 17.9 Å². The Morgan fingerprint density at radius 2 is 2.17 bits per heavy atom. The molecule has 2 N–H and O–H groups in total. The van der Waals surface area contributed by atoms with Crippen LogP contribution in [0.3, 0.4) is 0 Å². The summed E-state index contributed by atoms with van der Waals surface area (Å²) in [6, 6.07) is 3.42. The highest BCUT2D eigenvalue weighted by Crippen LogP contribution is 2.47. The summed E-state index contributed by atoms with van der Waals surface area (Å²) in [4.78, 5) is 20.5. The van der Waals surface area contributed by atoms with Gasteiger partial charge in [-0.05, 0) is 35.4 Å². The van der Waals surface area contributed by atoms with Crippen LogP contribution in [0.2, 0.25) is 10.3 Å². The molecule has 0 aromatic carbocycles. The minimum atomic E-state index is -0.0469. The third-order valence-electron chi connectivity index (χ3n) is 3.96. The normalized spacial score (nSPS) is 19.7. The fourth-order valence-corrected chi connectivity index (χ4v) is 3.18. The standard InChI is InChI=1S/C15H11Cl2N5O/c16-12-1-7-2-13(18-6-11(7)14(17)21-12)22-15(23)10-3-9(10)8-4-19-20-5-8/h1-2,4-6,9-10H,3H2,(H,19,20)(H,18,22,23)/t9-,10+/m1/s1. The molecule has 0 spiro atoms. The summed E-state index contributed by atoms with van der Waals surface area (Å²) in [5.41, 5.74) is 1.06. The number of hydrogen-bond donors (Lipinski definition) is 2. The second kappa shape index (κ2) is 5.47. The van der Waals surface area contributed by atoms with E-state index in [-0.39, 0.29) is 17.7 Å². The molecule has 1 saturated carbocycles. The zero-order valence-electron chi connectivity index (χ0n) is 11.8. The maximum atomic E-state index is 12.3. The van der Waals surface area contributed by atoms with Gasteiger partial charge in [0.1, 0.15) is 16.1 Å². The Hall–Kier alpha value is -2.18. The molecule has 0 radical (unpaired) electrons. The molecule has 1 aliphatic carbocycles. The number of nitrogens with one attached hydrogen (secondary N) is 2. The molecule has 0 saturated heterocycles.